The van der Waals surface area contributed by atoms with Crippen LogP contribution in [0.15, 0.2) is 78.9 Å². The van der Waals surface area contributed by atoms with Gasteiger partial charge in [0.25, 0.3) is 0 Å². The number of carbonyl (C=O) groups excluding carboxylic acids is 1. The van der Waals surface area contributed by atoms with Gasteiger partial charge in [-0.15, -0.1) is 0 Å². The second-order valence-electron chi connectivity index (χ2n) is 7.17. The molecule has 4 rings (SSSR count). The van der Waals surface area contributed by atoms with E-state index in [1.165, 1.54) is 5.56 Å². The van der Waals surface area contributed by atoms with Crippen molar-refractivity contribution in [2.45, 2.75) is 25.3 Å². The highest BCUT2D eigenvalue weighted by atomic mass is 16.2. The summed E-state index contributed by atoms with van der Waals surface area (Å²) in [6.07, 6.45) is 0. The van der Waals surface area contributed by atoms with Gasteiger partial charge in [0.2, 0.25) is 11.3 Å². The monoisotopic (exact) mass is 354 g/mol. The van der Waals surface area contributed by atoms with Crippen molar-refractivity contribution < 1.29 is 4.79 Å². The summed E-state index contributed by atoms with van der Waals surface area (Å²) in [5.41, 5.74) is 3.89. The van der Waals surface area contributed by atoms with Crippen LogP contribution >= 0.6 is 0 Å². The Hall–Kier alpha value is -3.45. The van der Waals surface area contributed by atoms with E-state index in [1.54, 1.807) is 12.1 Å². The number of anilines is 1. The van der Waals surface area contributed by atoms with Crippen molar-refractivity contribution >= 4 is 17.3 Å². The Balaban J connectivity index is 1.83. The first-order valence-electron chi connectivity index (χ1n) is 8.96. The van der Waals surface area contributed by atoms with Gasteiger partial charge in [0.15, 0.2) is 4.98 Å². The smallest absolute Gasteiger partial charge is 0.303 e. The SMILES string of the molecule is Cc1ccc([C@H]2N(c3ccccc3)C(=O)[C@]2(C)c2ccc([N+]#N)cc2)cc1. The molecular formula is C23H20N3O+. The summed E-state index contributed by atoms with van der Waals surface area (Å²) in [6, 6.07) is 25.2. The molecule has 0 N–H and O–H groups in total. The van der Waals surface area contributed by atoms with Crippen LogP contribution in [0.4, 0.5) is 11.4 Å². The summed E-state index contributed by atoms with van der Waals surface area (Å²) in [4.78, 5) is 18.4. The molecule has 3 aromatic carbocycles. The highest BCUT2D eigenvalue weighted by molar-refractivity contribution is 6.09. The van der Waals surface area contributed by atoms with Crippen LogP contribution in [0, 0.1) is 12.3 Å². The van der Waals surface area contributed by atoms with Gasteiger partial charge in [-0.3, -0.25) is 4.79 Å². The summed E-state index contributed by atoms with van der Waals surface area (Å²) in [5.74, 6) is 0.0629. The molecule has 1 aliphatic heterocycles. The zero-order valence-corrected chi connectivity index (χ0v) is 15.3. The molecule has 2 atom stereocenters. The van der Waals surface area contributed by atoms with Crippen molar-refractivity contribution in [3.63, 3.8) is 0 Å². The highest BCUT2D eigenvalue weighted by Crippen LogP contribution is 2.53. The summed E-state index contributed by atoms with van der Waals surface area (Å²) in [5, 5.41) is 8.95. The largest absolute Gasteiger partial charge is 0.385 e. The van der Waals surface area contributed by atoms with Gasteiger partial charge in [-0.1, -0.05) is 48.0 Å². The molecule has 0 bridgehead atoms. The minimum absolute atomic E-state index is 0.0629. The van der Waals surface area contributed by atoms with Gasteiger partial charge in [0.05, 0.1) is 11.5 Å². The van der Waals surface area contributed by atoms with E-state index in [0.29, 0.717) is 5.69 Å². The number of diazo groups is 1. The third kappa shape index (κ3) is 2.60. The fourth-order valence-electron chi connectivity index (χ4n) is 3.92. The van der Waals surface area contributed by atoms with E-state index >= 15 is 0 Å². The summed E-state index contributed by atoms with van der Waals surface area (Å²) in [6.45, 7) is 4.05. The second-order valence-corrected chi connectivity index (χ2v) is 7.17. The number of nitrogens with zero attached hydrogens (tertiary/aromatic N) is 3. The number of hydrogen-bond acceptors (Lipinski definition) is 2. The number of β-lactam (4-membered cyclic amide) rings is 1. The lowest BCUT2D eigenvalue weighted by Crippen LogP contribution is -2.65. The quantitative estimate of drug-likeness (QED) is 0.459. The molecule has 1 amide bonds. The van der Waals surface area contributed by atoms with E-state index in [0.717, 1.165) is 16.8 Å². The number of carbonyl (C=O) groups is 1. The maximum absolute atomic E-state index is 13.3. The number of amides is 1. The molecule has 0 unspecified atom stereocenters. The molecule has 3 aromatic rings. The maximum atomic E-state index is 13.3. The predicted octanol–water partition coefficient (Wildman–Crippen LogP) is 5.53. The molecule has 4 heteroatoms. The van der Waals surface area contributed by atoms with E-state index in [-0.39, 0.29) is 11.9 Å². The molecule has 27 heavy (non-hydrogen) atoms. The Kier molecular flexibility index (Phi) is 4.01. The Morgan fingerprint density at radius 3 is 2.15 bits per heavy atom. The summed E-state index contributed by atoms with van der Waals surface area (Å²) < 4.78 is 0. The lowest BCUT2D eigenvalue weighted by molar-refractivity contribution is -0.132. The van der Waals surface area contributed by atoms with Crippen molar-refractivity contribution in [2.24, 2.45) is 0 Å². The van der Waals surface area contributed by atoms with Crippen molar-refractivity contribution in [1.82, 2.24) is 0 Å². The minimum Gasteiger partial charge on any atom is -0.303 e. The van der Waals surface area contributed by atoms with Gasteiger partial charge in [-0.05, 0) is 49.2 Å². The molecule has 0 aliphatic carbocycles. The number of para-hydroxylation sites is 1. The minimum atomic E-state index is -0.681. The molecular weight excluding hydrogens is 334 g/mol. The Bertz CT molecular complexity index is 1020. The van der Waals surface area contributed by atoms with E-state index in [1.807, 2.05) is 54.3 Å². The molecule has 1 fully saturated rings. The fraction of sp³-hybridized carbons (Fsp3) is 0.174. The van der Waals surface area contributed by atoms with Crippen LogP contribution in [0.3, 0.4) is 0 Å². The van der Waals surface area contributed by atoms with Gasteiger partial charge >= 0.3 is 5.69 Å². The Morgan fingerprint density at radius 2 is 1.56 bits per heavy atom. The van der Waals surface area contributed by atoms with Crippen LogP contribution in [-0.4, -0.2) is 5.91 Å². The summed E-state index contributed by atoms with van der Waals surface area (Å²) in [7, 11) is 0. The second kappa shape index (κ2) is 6.37. The van der Waals surface area contributed by atoms with Crippen molar-refractivity contribution in [1.29, 1.82) is 5.39 Å². The van der Waals surface area contributed by atoms with Crippen LogP contribution < -0.4 is 4.90 Å². The van der Waals surface area contributed by atoms with Crippen LogP contribution in [0.25, 0.3) is 4.98 Å². The van der Waals surface area contributed by atoms with E-state index in [2.05, 4.69) is 36.2 Å². The number of benzene rings is 3. The zero-order valence-electron chi connectivity index (χ0n) is 15.3. The lowest BCUT2D eigenvalue weighted by Gasteiger charge is -2.55. The topological polar surface area (TPSA) is 48.5 Å². The molecule has 0 aromatic heterocycles. The lowest BCUT2D eigenvalue weighted by atomic mass is 9.64. The number of aryl methyl sites for hydroxylation is 1. The van der Waals surface area contributed by atoms with Gasteiger partial charge in [0.1, 0.15) is 0 Å². The van der Waals surface area contributed by atoms with Gasteiger partial charge in [-0.2, -0.15) is 0 Å². The normalized spacial score (nSPS) is 21.4. The highest BCUT2D eigenvalue weighted by Gasteiger charge is 2.59. The molecule has 4 nitrogen and oxygen atoms in total. The average Bonchev–Trinajstić information content (AvgIpc) is 2.72. The Labute approximate surface area is 158 Å². The third-order valence-electron chi connectivity index (χ3n) is 5.48. The standard InChI is InChI=1S/C23H20N3O/c1-16-8-10-17(11-9-16)21-23(2,18-12-14-19(25-24)15-13-18)22(27)26(21)20-6-4-3-5-7-20/h3-15,21H,1-2H3/q+1/t21-,23-/m1/s1. The first-order valence-corrected chi connectivity index (χ1v) is 8.96. The zero-order chi connectivity index (χ0) is 19.0. The molecule has 0 saturated carbocycles. The van der Waals surface area contributed by atoms with Crippen LogP contribution in [0.5, 0.6) is 0 Å². The van der Waals surface area contributed by atoms with Crippen LogP contribution in [0.2, 0.25) is 0 Å². The molecule has 132 valence electrons. The molecule has 1 aliphatic rings. The predicted molar refractivity (Wildman–Crippen MR) is 106 cm³/mol. The third-order valence-corrected chi connectivity index (χ3v) is 5.48. The van der Waals surface area contributed by atoms with Crippen molar-refractivity contribution in [3.8, 4) is 0 Å². The fourth-order valence-corrected chi connectivity index (χ4v) is 3.92. The van der Waals surface area contributed by atoms with Gasteiger partial charge in [0, 0.05) is 17.8 Å². The molecule has 1 heterocycles. The van der Waals surface area contributed by atoms with Crippen LogP contribution in [-0.2, 0) is 10.2 Å². The average molecular weight is 354 g/mol. The molecule has 1 saturated heterocycles. The van der Waals surface area contributed by atoms with E-state index in [4.69, 9.17) is 5.39 Å². The molecule has 0 spiro atoms. The number of hydrogen-bond donors (Lipinski definition) is 0. The van der Waals surface area contributed by atoms with Crippen molar-refractivity contribution in [3.05, 3.63) is 101 Å². The summed E-state index contributed by atoms with van der Waals surface area (Å²) >= 11 is 0. The van der Waals surface area contributed by atoms with Crippen molar-refractivity contribution in [2.75, 3.05) is 4.90 Å². The Morgan fingerprint density at radius 1 is 0.926 bits per heavy atom. The van der Waals surface area contributed by atoms with Gasteiger partial charge < -0.3 is 4.90 Å². The first-order chi connectivity index (χ1) is 13.1. The number of rotatable bonds is 3. The van der Waals surface area contributed by atoms with E-state index < -0.39 is 5.41 Å². The van der Waals surface area contributed by atoms with Gasteiger partial charge in [-0.25, -0.2) is 0 Å². The first kappa shape index (κ1) is 17.0. The van der Waals surface area contributed by atoms with Crippen LogP contribution in [0.1, 0.15) is 29.7 Å². The molecule has 0 radical (unpaired) electrons. The van der Waals surface area contributed by atoms with E-state index in [9.17, 15) is 4.79 Å². The maximum Gasteiger partial charge on any atom is 0.385 e.